The van der Waals surface area contributed by atoms with E-state index in [0.29, 0.717) is 11.5 Å². The van der Waals surface area contributed by atoms with Crippen molar-refractivity contribution in [3.05, 3.63) is 23.9 Å². The molecule has 0 spiro atoms. The molecule has 0 bridgehead atoms. The molecule has 1 rings (SSSR count). The van der Waals surface area contributed by atoms with Gasteiger partial charge in [0.15, 0.2) is 0 Å². The van der Waals surface area contributed by atoms with Crippen molar-refractivity contribution in [3.8, 4) is 0 Å². The van der Waals surface area contributed by atoms with Gasteiger partial charge in [-0.25, -0.2) is 4.98 Å². The van der Waals surface area contributed by atoms with Crippen LogP contribution in [0.4, 0.5) is 5.82 Å². The summed E-state index contributed by atoms with van der Waals surface area (Å²) in [5, 5.41) is 18.7. The van der Waals surface area contributed by atoms with Gasteiger partial charge in [-0.15, -0.1) is 11.6 Å². The number of halogens is 1. The molecule has 0 fully saturated rings. The first-order chi connectivity index (χ1) is 6.15. The van der Waals surface area contributed by atoms with E-state index in [0.717, 1.165) is 0 Å². The zero-order chi connectivity index (χ0) is 9.84. The molecule has 0 aromatic carbocycles. The van der Waals surface area contributed by atoms with E-state index in [2.05, 4.69) is 4.98 Å². The summed E-state index contributed by atoms with van der Waals surface area (Å²) >= 11 is 5.37. The van der Waals surface area contributed by atoms with Gasteiger partial charge in [-0.1, -0.05) is 6.07 Å². The van der Waals surface area contributed by atoms with Crippen molar-refractivity contribution < 1.29 is 10.2 Å². The second-order valence-corrected chi connectivity index (χ2v) is 2.96. The smallest absolute Gasteiger partial charge is 0.123 e. The summed E-state index contributed by atoms with van der Waals surface area (Å²) in [4.78, 5) is 3.85. The van der Waals surface area contributed by atoms with Crippen LogP contribution in [0.3, 0.4) is 0 Å². The number of rotatable bonds is 3. The Morgan fingerprint density at radius 2 is 2.15 bits per heavy atom. The van der Waals surface area contributed by atoms with Crippen LogP contribution in [0, 0.1) is 0 Å². The molecule has 0 amide bonds. The third-order valence-corrected chi connectivity index (χ3v) is 1.93. The minimum Gasteiger partial charge on any atom is -0.389 e. The lowest BCUT2D eigenvalue weighted by Gasteiger charge is -2.14. The first-order valence-electron chi connectivity index (χ1n) is 3.79. The standard InChI is InChI=1S/C8H11ClN2O2/c9-4-6(12)8(13)5-2-1-3-7(10)11-5/h1-3,6,8,12-13H,4H2,(H2,10,11). The number of aliphatic hydroxyl groups is 2. The Morgan fingerprint density at radius 1 is 1.46 bits per heavy atom. The van der Waals surface area contributed by atoms with Crippen LogP contribution in [0.5, 0.6) is 0 Å². The molecule has 1 aromatic heterocycles. The molecule has 72 valence electrons. The van der Waals surface area contributed by atoms with E-state index in [-0.39, 0.29) is 5.88 Å². The number of aromatic nitrogens is 1. The van der Waals surface area contributed by atoms with Crippen molar-refractivity contribution >= 4 is 17.4 Å². The molecule has 0 aliphatic rings. The molecule has 2 unspecified atom stereocenters. The number of hydrogen-bond acceptors (Lipinski definition) is 4. The van der Waals surface area contributed by atoms with Gasteiger partial charge >= 0.3 is 0 Å². The van der Waals surface area contributed by atoms with Crippen LogP contribution in [-0.2, 0) is 0 Å². The topological polar surface area (TPSA) is 79.4 Å². The number of hydrogen-bond donors (Lipinski definition) is 3. The lowest BCUT2D eigenvalue weighted by Crippen LogP contribution is -2.20. The number of anilines is 1. The fraction of sp³-hybridized carbons (Fsp3) is 0.375. The monoisotopic (exact) mass is 202 g/mol. The molecule has 5 heteroatoms. The summed E-state index contributed by atoms with van der Waals surface area (Å²) in [6.07, 6.45) is -2.10. The molecule has 0 radical (unpaired) electrons. The van der Waals surface area contributed by atoms with Crippen molar-refractivity contribution in [3.63, 3.8) is 0 Å². The minimum absolute atomic E-state index is 0.0440. The summed E-state index contributed by atoms with van der Waals surface area (Å²) in [5.41, 5.74) is 5.73. The predicted molar refractivity (Wildman–Crippen MR) is 50.3 cm³/mol. The van der Waals surface area contributed by atoms with Gasteiger partial charge in [0.1, 0.15) is 11.9 Å². The number of nitrogens with two attached hydrogens (primary N) is 1. The Bertz CT molecular complexity index is 283. The maximum atomic E-state index is 9.46. The lowest BCUT2D eigenvalue weighted by molar-refractivity contribution is 0.0301. The van der Waals surface area contributed by atoms with Gasteiger partial charge in [-0.2, -0.15) is 0 Å². The largest absolute Gasteiger partial charge is 0.389 e. The van der Waals surface area contributed by atoms with Crippen LogP contribution in [0.1, 0.15) is 11.8 Å². The first kappa shape index (κ1) is 10.2. The molecular weight excluding hydrogens is 192 g/mol. The molecule has 2 atom stereocenters. The molecule has 4 nitrogen and oxygen atoms in total. The number of nitrogen functional groups attached to an aromatic ring is 1. The molecular formula is C8H11ClN2O2. The molecule has 0 aliphatic heterocycles. The zero-order valence-corrected chi connectivity index (χ0v) is 7.65. The van der Waals surface area contributed by atoms with Crippen molar-refractivity contribution in [2.75, 3.05) is 11.6 Å². The van der Waals surface area contributed by atoms with Gasteiger partial charge in [0.05, 0.1) is 17.7 Å². The summed E-state index contributed by atoms with van der Waals surface area (Å²) in [7, 11) is 0. The van der Waals surface area contributed by atoms with E-state index in [1.165, 1.54) is 0 Å². The van der Waals surface area contributed by atoms with E-state index >= 15 is 0 Å². The highest BCUT2D eigenvalue weighted by atomic mass is 35.5. The molecule has 1 aromatic rings. The van der Waals surface area contributed by atoms with Crippen LogP contribution in [0.15, 0.2) is 18.2 Å². The maximum absolute atomic E-state index is 9.46. The van der Waals surface area contributed by atoms with Gasteiger partial charge in [-0.3, -0.25) is 0 Å². The molecule has 0 aliphatic carbocycles. The Balaban J connectivity index is 2.82. The SMILES string of the molecule is Nc1cccc(C(O)C(O)CCl)n1. The van der Waals surface area contributed by atoms with Gasteiger partial charge in [0.25, 0.3) is 0 Å². The fourth-order valence-corrected chi connectivity index (χ4v) is 1.08. The Kier molecular flexibility index (Phi) is 3.48. The zero-order valence-electron chi connectivity index (χ0n) is 6.89. The second kappa shape index (κ2) is 4.41. The summed E-state index contributed by atoms with van der Waals surface area (Å²) in [6.45, 7) is 0. The van der Waals surface area contributed by atoms with Crippen LogP contribution in [0.25, 0.3) is 0 Å². The molecule has 4 N–H and O–H groups in total. The van der Waals surface area contributed by atoms with E-state index in [4.69, 9.17) is 17.3 Å². The van der Waals surface area contributed by atoms with Gasteiger partial charge in [0, 0.05) is 0 Å². The van der Waals surface area contributed by atoms with Crippen molar-refractivity contribution in [1.82, 2.24) is 4.98 Å². The highest BCUT2D eigenvalue weighted by molar-refractivity contribution is 6.18. The second-order valence-electron chi connectivity index (χ2n) is 2.65. The lowest BCUT2D eigenvalue weighted by atomic mass is 10.1. The van der Waals surface area contributed by atoms with Gasteiger partial charge in [0.2, 0.25) is 0 Å². The van der Waals surface area contributed by atoms with E-state index in [1.807, 2.05) is 0 Å². The van der Waals surface area contributed by atoms with E-state index in [9.17, 15) is 10.2 Å². The van der Waals surface area contributed by atoms with E-state index in [1.54, 1.807) is 18.2 Å². The highest BCUT2D eigenvalue weighted by Gasteiger charge is 2.18. The third kappa shape index (κ3) is 2.55. The Hall–Kier alpha value is -0.840. The fourth-order valence-electron chi connectivity index (χ4n) is 0.915. The summed E-state index contributed by atoms with van der Waals surface area (Å²) < 4.78 is 0. The van der Waals surface area contributed by atoms with Gasteiger partial charge in [-0.05, 0) is 12.1 Å². The number of pyridine rings is 1. The van der Waals surface area contributed by atoms with Crippen molar-refractivity contribution in [1.29, 1.82) is 0 Å². The number of aliphatic hydroxyl groups excluding tert-OH is 2. The van der Waals surface area contributed by atoms with E-state index < -0.39 is 12.2 Å². The Morgan fingerprint density at radius 3 is 2.69 bits per heavy atom. The minimum atomic E-state index is -1.08. The number of nitrogens with zero attached hydrogens (tertiary/aromatic N) is 1. The van der Waals surface area contributed by atoms with Crippen LogP contribution >= 0.6 is 11.6 Å². The number of alkyl halides is 1. The van der Waals surface area contributed by atoms with Crippen molar-refractivity contribution in [2.45, 2.75) is 12.2 Å². The quantitative estimate of drug-likeness (QED) is 0.616. The molecule has 1 heterocycles. The van der Waals surface area contributed by atoms with Gasteiger partial charge < -0.3 is 15.9 Å². The van der Waals surface area contributed by atoms with Crippen LogP contribution in [0.2, 0.25) is 0 Å². The van der Waals surface area contributed by atoms with Crippen molar-refractivity contribution in [2.24, 2.45) is 0 Å². The average molecular weight is 203 g/mol. The van der Waals surface area contributed by atoms with Crippen LogP contribution in [-0.4, -0.2) is 27.2 Å². The average Bonchev–Trinajstić information content (AvgIpc) is 2.15. The maximum Gasteiger partial charge on any atom is 0.123 e. The highest BCUT2D eigenvalue weighted by Crippen LogP contribution is 2.16. The third-order valence-electron chi connectivity index (χ3n) is 1.62. The molecule has 0 saturated heterocycles. The summed E-state index contributed by atoms with van der Waals surface area (Å²) in [6, 6.07) is 4.84. The molecule has 13 heavy (non-hydrogen) atoms. The Labute approximate surface area is 81.0 Å². The van der Waals surface area contributed by atoms with Crippen LogP contribution < -0.4 is 5.73 Å². The normalized spacial score (nSPS) is 15.3. The summed E-state index contributed by atoms with van der Waals surface area (Å²) in [5.74, 6) is 0.260. The predicted octanol–water partition coefficient (Wildman–Crippen LogP) is 0.297. The first-order valence-corrected chi connectivity index (χ1v) is 4.33. The molecule has 0 saturated carbocycles.